The minimum atomic E-state index is -0.164. The highest BCUT2D eigenvalue weighted by molar-refractivity contribution is 9.10. The summed E-state index contributed by atoms with van der Waals surface area (Å²) in [5.74, 6) is -0.164. The summed E-state index contributed by atoms with van der Waals surface area (Å²) in [7, 11) is 1.95. The van der Waals surface area contributed by atoms with Crippen LogP contribution in [0.1, 0.15) is 69.9 Å². The summed E-state index contributed by atoms with van der Waals surface area (Å²) in [4.78, 5) is 0. The number of hydrogen-bond acceptors (Lipinski definition) is 1. The fourth-order valence-corrected chi connectivity index (χ4v) is 3.07. The second-order valence-corrected chi connectivity index (χ2v) is 6.27. The normalized spacial score (nSPS) is 12.6. The van der Waals surface area contributed by atoms with Crippen molar-refractivity contribution in [1.29, 1.82) is 0 Å². The van der Waals surface area contributed by atoms with Gasteiger partial charge in [0.1, 0.15) is 5.82 Å². The quantitative estimate of drug-likeness (QED) is 0.514. The molecule has 3 heteroatoms. The lowest BCUT2D eigenvalue weighted by Crippen LogP contribution is -2.17. The zero-order valence-electron chi connectivity index (χ0n) is 12.7. The first-order valence-corrected chi connectivity index (χ1v) is 8.60. The molecule has 0 aromatic heterocycles. The second kappa shape index (κ2) is 10.3. The summed E-state index contributed by atoms with van der Waals surface area (Å²) in [5, 5.41) is 3.30. The number of halogens is 2. The molecule has 0 saturated heterocycles. The molecule has 0 fully saturated rings. The predicted octanol–water partition coefficient (Wildman–Crippen LogP) is 5.99. The summed E-state index contributed by atoms with van der Waals surface area (Å²) in [6.45, 7) is 2.24. The Balaban J connectivity index is 2.34. The standard InChI is InChI=1S/C17H27BrFN/c1-3-4-5-6-7-8-9-10-17(20-2)15-13-14(19)11-12-16(15)18/h11-13,17,20H,3-10H2,1-2H3. The first kappa shape index (κ1) is 17.6. The van der Waals surface area contributed by atoms with Crippen LogP contribution in [0.2, 0.25) is 0 Å². The lowest BCUT2D eigenvalue weighted by Gasteiger charge is -2.18. The fraction of sp³-hybridized carbons (Fsp3) is 0.647. The van der Waals surface area contributed by atoms with E-state index in [9.17, 15) is 4.39 Å². The van der Waals surface area contributed by atoms with Crippen LogP contribution in [0.25, 0.3) is 0 Å². The molecule has 0 saturated carbocycles. The van der Waals surface area contributed by atoms with Gasteiger partial charge in [0.2, 0.25) is 0 Å². The van der Waals surface area contributed by atoms with Crippen molar-refractivity contribution >= 4 is 15.9 Å². The van der Waals surface area contributed by atoms with Gasteiger partial charge < -0.3 is 5.32 Å². The molecule has 1 nitrogen and oxygen atoms in total. The van der Waals surface area contributed by atoms with Crippen molar-refractivity contribution in [3.63, 3.8) is 0 Å². The summed E-state index contributed by atoms with van der Waals surface area (Å²) in [6, 6.07) is 5.15. The Morgan fingerprint density at radius 2 is 1.75 bits per heavy atom. The van der Waals surface area contributed by atoms with Gasteiger partial charge in [-0.2, -0.15) is 0 Å². The lowest BCUT2D eigenvalue weighted by molar-refractivity contribution is 0.492. The van der Waals surface area contributed by atoms with E-state index in [1.54, 1.807) is 12.1 Å². The van der Waals surface area contributed by atoms with Crippen molar-refractivity contribution in [2.75, 3.05) is 7.05 Å². The van der Waals surface area contributed by atoms with Gasteiger partial charge in [0.05, 0.1) is 0 Å². The summed E-state index contributed by atoms with van der Waals surface area (Å²) in [6.07, 6.45) is 10.2. The maximum Gasteiger partial charge on any atom is 0.123 e. The van der Waals surface area contributed by atoms with Crippen LogP contribution in [-0.4, -0.2) is 7.05 Å². The molecule has 0 heterocycles. The summed E-state index contributed by atoms with van der Waals surface area (Å²) >= 11 is 3.52. The maximum absolute atomic E-state index is 13.4. The first-order chi connectivity index (χ1) is 9.69. The van der Waals surface area contributed by atoms with E-state index in [1.165, 1.54) is 51.0 Å². The Labute approximate surface area is 131 Å². The van der Waals surface area contributed by atoms with E-state index in [-0.39, 0.29) is 11.9 Å². The molecule has 1 unspecified atom stereocenters. The van der Waals surface area contributed by atoms with E-state index >= 15 is 0 Å². The van der Waals surface area contributed by atoms with Crippen molar-refractivity contribution in [2.24, 2.45) is 0 Å². The SMILES string of the molecule is CCCCCCCCCC(NC)c1cc(F)ccc1Br. The number of benzene rings is 1. The van der Waals surface area contributed by atoms with E-state index in [0.29, 0.717) is 0 Å². The largest absolute Gasteiger partial charge is 0.313 e. The molecule has 0 spiro atoms. The van der Waals surface area contributed by atoms with E-state index < -0.39 is 0 Å². The third-order valence-electron chi connectivity index (χ3n) is 3.78. The molecule has 114 valence electrons. The molecule has 0 amide bonds. The van der Waals surface area contributed by atoms with Crippen molar-refractivity contribution in [1.82, 2.24) is 5.32 Å². The zero-order chi connectivity index (χ0) is 14.8. The molecule has 1 aromatic rings. The Morgan fingerprint density at radius 1 is 1.10 bits per heavy atom. The minimum absolute atomic E-state index is 0.164. The van der Waals surface area contributed by atoms with Gasteiger partial charge in [-0.05, 0) is 37.2 Å². The van der Waals surface area contributed by atoms with Gasteiger partial charge in [-0.15, -0.1) is 0 Å². The first-order valence-electron chi connectivity index (χ1n) is 7.81. The van der Waals surface area contributed by atoms with Gasteiger partial charge >= 0.3 is 0 Å². The Bertz CT molecular complexity index is 381. The van der Waals surface area contributed by atoms with Gasteiger partial charge in [-0.1, -0.05) is 67.8 Å². The third kappa shape index (κ3) is 6.36. The van der Waals surface area contributed by atoms with Crippen molar-refractivity contribution in [2.45, 2.75) is 64.3 Å². The minimum Gasteiger partial charge on any atom is -0.313 e. The third-order valence-corrected chi connectivity index (χ3v) is 4.50. The van der Waals surface area contributed by atoms with E-state index in [1.807, 2.05) is 7.05 Å². The lowest BCUT2D eigenvalue weighted by atomic mass is 9.99. The van der Waals surface area contributed by atoms with Crippen LogP contribution in [0, 0.1) is 5.82 Å². The van der Waals surface area contributed by atoms with Crippen molar-refractivity contribution in [3.05, 3.63) is 34.1 Å². The molecule has 1 N–H and O–H groups in total. The summed E-state index contributed by atoms with van der Waals surface area (Å²) < 4.78 is 14.3. The van der Waals surface area contributed by atoms with Crippen molar-refractivity contribution in [3.8, 4) is 0 Å². The van der Waals surface area contributed by atoms with Crippen LogP contribution in [0.5, 0.6) is 0 Å². The molecule has 0 bridgehead atoms. The van der Waals surface area contributed by atoms with Gasteiger partial charge in [0.15, 0.2) is 0 Å². The second-order valence-electron chi connectivity index (χ2n) is 5.42. The van der Waals surface area contributed by atoms with Gasteiger partial charge in [0, 0.05) is 10.5 Å². The topological polar surface area (TPSA) is 12.0 Å². The van der Waals surface area contributed by atoms with Gasteiger partial charge in [-0.3, -0.25) is 0 Å². The molecule has 20 heavy (non-hydrogen) atoms. The van der Waals surface area contributed by atoms with Crippen LogP contribution >= 0.6 is 15.9 Å². The number of rotatable bonds is 10. The van der Waals surface area contributed by atoms with E-state index in [2.05, 4.69) is 28.2 Å². The molecule has 1 rings (SSSR count). The van der Waals surface area contributed by atoms with E-state index in [0.717, 1.165) is 16.5 Å². The van der Waals surface area contributed by atoms with Crippen LogP contribution in [0.4, 0.5) is 4.39 Å². The number of unbranched alkanes of at least 4 members (excludes halogenated alkanes) is 6. The molecular weight excluding hydrogens is 317 g/mol. The van der Waals surface area contributed by atoms with Crippen LogP contribution in [-0.2, 0) is 0 Å². The Morgan fingerprint density at radius 3 is 2.40 bits per heavy atom. The molecule has 1 atom stereocenters. The monoisotopic (exact) mass is 343 g/mol. The zero-order valence-corrected chi connectivity index (χ0v) is 14.3. The van der Waals surface area contributed by atoms with E-state index in [4.69, 9.17) is 0 Å². The van der Waals surface area contributed by atoms with Gasteiger partial charge in [-0.25, -0.2) is 4.39 Å². The van der Waals surface area contributed by atoms with Crippen LogP contribution < -0.4 is 5.32 Å². The Kier molecular flexibility index (Phi) is 9.12. The van der Waals surface area contributed by atoms with Crippen LogP contribution in [0.3, 0.4) is 0 Å². The predicted molar refractivity (Wildman–Crippen MR) is 88.5 cm³/mol. The average Bonchev–Trinajstić information content (AvgIpc) is 2.45. The molecule has 0 aliphatic rings. The molecule has 0 aliphatic carbocycles. The highest BCUT2D eigenvalue weighted by Crippen LogP contribution is 2.28. The molecule has 0 aliphatic heterocycles. The highest BCUT2D eigenvalue weighted by atomic mass is 79.9. The summed E-state index contributed by atoms with van der Waals surface area (Å²) in [5.41, 5.74) is 1.03. The highest BCUT2D eigenvalue weighted by Gasteiger charge is 2.13. The molecular formula is C17H27BrFN. The average molecular weight is 344 g/mol. The van der Waals surface area contributed by atoms with Crippen molar-refractivity contribution < 1.29 is 4.39 Å². The van der Waals surface area contributed by atoms with Gasteiger partial charge in [0.25, 0.3) is 0 Å². The number of nitrogens with one attached hydrogen (secondary N) is 1. The number of hydrogen-bond donors (Lipinski definition) is 1. The smallest absolute Gasteiger partial charge is 0.123 e. The van der Waals surface area contributed by atoms with Crippen LogP contribution in [0.15, 0.2) is 22.7 Å². The maximum atomic E-state index is 13.4. The fourth-order valence-electron chi connectivity index (χ4n) is 2.54. The Hall–Kier alpha value is -0.410. The molecule has 1 aromatic carbocycles. The molecule has 0 radical (unpaired) electrons.